The maximum absolute atomic E-state index is 11.4. The molecule has 1 aliphatic rings. The monoisotopic (exact) mass is 229 g/mol. The Hall–Kier alpha value is -0.910. The minimum absolute atomic E-state index is 0.0186. The molecular formula is C9H15N3O2S. The zero-order valence-corrected chi connectivity index (χ0v) is 9.74. The van der Waals surface area contributed by atoms with Crippen molar-refractivity contribution < 1.29 is 8.42 Å². The van der Waals surface area contributed by atoms with Crippen molar-refractivity contribution in [1.82, 2.24) is 14.8 Å². The van der Waals surface area contributed by atoms with E-state index >= 15 is 0 Å². The molecule has 2 rings (SSSR count). The van der Waals surface area contributed by atoms with Crippen LogP contribution in [0.3, 0.4) is 0 Å². The van der Waals surface area contributed by atoms with E-state index in [9.17, 15) is 8.42 Å². The van der Waals surface area contributed by atoms with Gasteiger partial charge in [-0.3, -0.25) is 0 Å². The number of sulfone groups is 1. The van der Waals surface area contributed by atoms with Crippen molar-refractivity contribution in [1.29, 1.82) is 0 Å². The van der Waals surface area contributed by atoms with E-state index in [1.165, 1.54) is 6.33 Å². The number of rotatable bonds is 2. The molecule has 15 heavy (non-hydrogen) atoms. The van der Waals surface area contributed by atoms with Crippen molar-refractivity contribution in [3.8, 4) is 0 Å². The van der Waals surface area contributed by atoms with Gasteiger partial charge in [0.2, 0.25) is 0 Å². The first-order valence-electron chi connectivity index (χ1n) is 5.09. The molecule has 0 aliphatic carbocycles. The van der Waals surface area contributed by atoms with E-state index in [1.54, 1.807) is 4.68 Å². The lowest BCUT2D eigenvalue weighted by Gasteiger charge is -2.13. The summed E-state index contributed by atoms with van der Waals surface area (Å²) < 4.78 is 24.5. The summed E-state index contributed by atoms with van der Waals surface area (Å²) in [5.41, 5.74) is 0. The lowest BCUT2D eigenvalue weighted by Crippen LogP contribution is -2.16. The second-order valence-electron chi connectivity index (χ2n) is 4.27. The molecule has 1 fully saturated rings. The minimum Gasteiger partial charge on any atom is -0.246 e. The van der Waals surface area contributed by atoms with Gasteiger partial charge in [0.15, 0.2) is 9.84 Å². The molecule has 0 N–H and O–H groups in total. The Balaban J connectivity index is 2.28. The molecule has 1 aromatic heterocycles. The fraction of sp³-hybridized carbons (Fsp3) is 0.778. The highest BCUT2D eigenvalue weighted by atomic mass is 32.2. The average molecular weight is 229 g/mol. The Kier molecular flexibility index (Phi) is 2.54. The van der Waals surface area contributed by atoms with Crippen LogP contribution in [0.15, 0.2) is 6.33 Å². The van der Waals surface area contributed by atoms with Crippen LogP contribution in [-0.4, -0.2) is 34.7 Å². The van der Waals surface area contributed by atoms with E-state index < -0.39 is 9.84 Å². The van der Waals surface area contributed by atoms with Crippen LogP contribution in [0, 0.1) is 0 Å². The van der Waals surface area contributed by atoms with Crippen LogP contribution in [0.2, 0.25) is 0 Å². The number of nitrogens with zero attached hydrogens (tertiary/aromatic N) is 3. The van der Waals surface area contributed by atoms with E-state index in [2.05, 4.69) is 10.1 Å². The minimum atomic E-state index is -2.85. The normalized spacial score (nSPS) is 24.9. The van der Waals surface area contributed by atoms with Crippen LogP contribution in [0.1, 0.15) is 38.1 Å². The predicted octanol–water partition coefficient (Wildman–Crippen LogP) is 0.761. The third kappa shape index (κ3) is 2.04. The highest BCUT2D eigenvalue weighted by Gasteiger charge is 2.31. The third-order valence-electron chi connectivity index (χ3n) is 2.67. The number of hydrogen-bond acceptors (Lipinski definition) is 4. The summed E-state index contributed by atoms with van der Waals surface area (Å²) in [6.45, 7) is 4.06. The van der Waals surface area contributed by atoms with E-state index in [0.29, 0.717) is 6.42 Å². The van der Waals surface area contributed by atoms with Gasteiger partial charge in [-0.15, -0.1) is 0 Å². The van der Waals surface area contributed by atoms with Crippen molar-refractivity contribution in [2.24, 2.45) is 0 Å². The SMILES string of the molecule is CC(C)c1ncnn1C1CCS(=O)(=O)C1. The smallest absolute Gasteiger partial charge is 0.152 e. The molecule has 0 spiro atoms. The van der Waals surface area contributed by atoms with Gasteiger partial charge in [-0.1, -0.05) is 13.8 Å². The molecule has 84 valence electrons. The summed E-state index contributed by atoms with van der Waals surface area (Å²) >= 11 is 0. The topological polar surface area (TPSA) is 64.8 Å². The molecule has 0 aromatic carbocycles. The van der Waals surface area contributed by atoms with Crippen molar-refractivity contribution in [3.63, 3.8) is 0 Å². The van der Waals surface area contributed by atoms with Crippen LogP contribution in [0.25, 0.3) is 0 Å². The van der Waals surface area contributed by atoms with Crippen LogP contribution >= 0.6 is 0 Å². The molecule has 0 amide bonds. The fourth-order valence-corrected chi connectivity index (χ4v) is 3.61. The van der Waals surface area contributed by atoms with E-state index in [0.717, 1.165) is 5.82 Å². The Labute approximate surface area is 89.4 Å². The highest BCUT2D eigenvalue weighted by Crippen LogP contribution is 2.25. The first kappa shape index (κ1) is 10.6. The molecule has 1 aliphatic heterocycles. The lowest BCUT2D eigenvalue weighted by molar-refractivity contribution is 0.466. The summed E-state index contributed by atoms with van der Waals surface area (Å²) in [6, 6.07) is -0.0186. The molecular weight excluding hydrogens is 214 g/mol. The molecule has 6 heteroatoms. The summed E-state index contributed by atoms with van der Waals surface area (Å²) in [4.78, 5) is 4.17. The molecule has 1 unspecified atom stereocenters. The molecule has 2 heterocycles. The maximum Gasteiger partial charge on any atom is 0.152 e. The Bertz CT molecular complexity index is 450. The number of hydrogen-bond donors (Lipinski definition) is 0. The Morgan fingerprint density at radius 3 is 2.80 bits per heavy atom. The summed E-state index contributed by atoms with van der Waals surface area (Å²) in [5, 5.41) is 4.13. The molecule has 1 saturated heterocycles. The third-order valence-corrected chi connectivity index (χ3v) is 4.42. The largest absolute Gasteiger partial charge is 0.246 e. The van der Waals surface area contributed by atoms with Gasteiger partial charge >= 0.3 is 0 Å². The van der Waals surface area contributed by atoms with Crippen LogP contribution in [0.4, 0.5) is 0 Å². The highest BCUT2D eigenvalue weighted by molar-refractivity contribution is 7.91. The molecule has 5 nitrogen and oxygen atoms in total. The van der Waals surface area contributed by atoms with Gasteiger partial charge in [0.1, 0.15) is 12.2 Å². The van der Waals surface area contributed by atoms with Crippen LogP contribution < -0.4 is 0 Å². The lowest BCUT2D eigenvalue weighted by atomic mass is 10.2. The van der Waals surface area contributed by atoms with Crippen molar-refractivity contribution in [2.45, 2.75) is 32.2 Å². The summed E-state index contributed by atoms with van der Waals surface area (Å²) in [7, 11) is -2.85. The van der Waals surface area contributed by atoms with Crippen LogP contribution in [-0.2, 0) is 9.84 Å². The van der Waals surface area contributed by atoms with E-state index in [4.69, 9.17) is 0 Å². The molecule has 0 radical (unpaired) electrons. The average Bonchev–Trinajstić information content (AvgIpc) is 2.69. The molecule has 0 bridgehead atoms. The predicted molar refractivity (Wildman–Crippen MR) is 56.4 cm³/mol. The standard InChI is InChI=1S/C9H15N3O2S/c1-7(2)9-10-6-11-12(9)8-3-4-15(13,14)5-8/h6-8H,3-5H2,1-2H3. The van der Waals surface area contributed by atoms with Crippen LogP contribution in [0.5, 0.6) is 0 Å². The molecule has 1 atom stereocenters. The number of aromatic nitrogens is 3. The fourth-order valence-electron chi connectivity index (χ4n) is 1.92. The Morgan fingerprint density at radius 2 is 2.27 bits per heavy atom. The van der Waals surface area contributed by atoms with Gasteiger partial charge in [-0.2, -0.15) is 5.10 Å². The molecule has 0 saturated carbocycles. The zero-order chi connectivity index (χ0) is 11.1. The van der Waals surface area contributed by atoms with Gasteiger partial charge < -0.3 is 0 Å². The van der Waals surface area contributed by atoms with Gasteiger partial charge in [0.05, 0.1) is 17.5 Å². The van der Waals surface area contributed by atoms with E-state index in [1.807, 2.05) is 13.8 Å². The van der Waals surface area contributed by atoms with E-state index in [-0.39, 0.29) is 23.5 Å². The zero-order valence-electron chi connectivity index (χ0n) is 8.92. The Morgan fingerprint density at radius 1 is 1.53 bits per heavy atom. The van der Waals surface area contributed by atoms with Crippen molar-refractivity contribution >= 4 is 9.84 Å². The quantitative estimate of drug-likeness (QED) is 0.751. The van der Waals surface area contributed by atoms with Crippen molar-refractivity contribution in [2.75, 3.05) is 11.5 Å². The van der Waals surface area contributed by atoms with Gasteiger partial charge in [0, 0.05) is 5.92 Å². The van der Waals surface area contributed by atoms with Gasteiger partial charge in [-0.25, -0.2) is 18.1 Å². The summed E-state index contributed by atoms with van der Waals surface area (Å²) in [6.07, 6.45) is 2.16. The second kappa shape index (κ2) is 3.59. The maximum atomic E-state index is 11.4. The molecule has 1 aromatic rings. The van der Waals surface area contributed by atoms with Crippen molar-refractivity contribution in [3.05, 3.63) is 12.2 Å². The first-order chi connectivity index (χ1) is 6.99. The summed E-state index contributed by atoms with van der Waals surface area (Å²) in [5.74, 6) is 1.62. The van der Waals surface area contributed by atoms with Gasteiger partial charge in [0.25, 0.3) is 0 Å². The first-order valence-corrected chi connectivity index (χ1v) is 6.91. The van der Waals surface area contributed by atoms with Gasteiger partial charge in [-0.05, 0) is 6.42 Å². The second-order valence-corrected chi connectivity index (χ2v) is 6.50.